The Hall–Kier alpha value is -3.76. The summed E-state index contributed by atoms with van der Waals surface area (Å²) >= 11 is 0. The Morgan fingerprint density at radius 2 is 1.94 bits per heavy atom. The van der Waals surface area contributed by atoms with E-state index >= 15 is 0 Å². The second kappa shape index (κ2) is 10.5. The summed E-state index contributed by atoms with van der Waals surface area (Å²) in [6.07, 6.45) is 1.36. The van der Waals surface area contributed by atoms with Crippen molar-refractivity contribution in [2.75, 3.05) is 54.1 Å². The number of benzene rings is 1. The smallest absolute Gasteiger partial charge is 0.322 e. The predicted molar refractivity (Wildman–Crippen MR) is 128 cm³/mol. The van der Waals surface area contributed by atoms with Gasteiger partial charge in [0.05, 0.1) is 50.6 Å². The number of likely N-dealkylation sites (N-methyl/N-ethyl adjacent to an activating group) is 1. The highest BCUT2D eigenvalue weighted by molar-refractivity contribution is 6.03. The van der Waals surface area contributed by atoms with Crippen LogP contribution in [0.1, 0.15) is 31.4 Å². The number of piperidine rings is 1. The molecule has 1 saturated heterocycles. The van der Waals surface area contributed by atoms with Crippen molar-refractivity contribution in [1.82, 2.24) is 20.0 Å². The standard InChI is InChI=1S/C25H32N4O7/c1-5-36-24(32)15-8-7-11-28(12-15)19(30)14-29-13-17-20(23(29)31)21(26-25(33)27(17)2)16-9-6-10-18(34-3)22(16)35-4/h6,9-10,15,21H,5,7-8,11-14H2,1-4H3,(H,26,33)/t15-,21-/m0/s1. The third kappa shape index (κ3) is 4.57. The quantitative estimate of drug-likeness (QED) is 0.561. The SMILES string of the molecule is CCOC(=O)[C@H]1CCCN(C(=O)CN2CC3=C(C2=O)[C@H](c2cccc(OC)c2OC)NC(=O)N3C)C1. The van der Waals surface area contributed by atoms with Gasteiger partial charge in [-0.2, -0.15) is 0 Å². The summed E-state index contributed by atoms with van der Waals surface area (Å²) in [5, 5.41) is 2.88. The van der Waals surface area contributed by atoms with E-state index in [-0.39, 0.29) is 49.4 Å². The molecule has 3 heterocycles. The van der Waals surface area contributed by atoms with Crippen LogP contribution in [-0.4, -0.2) is 92.6 Å². The van der Waals surface area contributed by atoms with Crippen LogP contribution in [0.15, 0.2) is 29.5 Å². The number of urea groups is 1. The molecule has 4 amide bonds. The largest absolute Gasteiger partial charge is 0.493 e. The lowest BCUT2D eigenvalue weighted by Gasteiger charge is -2.32. The second-order valence-corrected chi connectivity index (χ2v) is 8.98. The minimum atomic E-state index is -0.760. The summed E-state index contributed by atoms with van der Waals surface area (Å²) in [6.45, 7) is 2.82. The molecule has 0 saturated carbocycles. The number of nitrogens with zero attached hydrogens (tertiary/aromatic N) is 3. The molecular weight excluding hydrogens is 468 g/mol. The highest BCUT2D eigenvalue weighted by Gasteiger charge is 2.45. The minimum Gasteiger partial charge on any atom is -0.493 e. The Kier molecular flexibility index (Phi) is 7.37. The molecule has 4 rings (SSSR count). The number of carbonyl (C=O) groups is 4. The van der Waals surface area contributed by atoms with E-state index in [1.54, 1.807) is 37.1 Å². The number of carbonyl (C=O) groups excluding carboxylic acids is 4. The summed E-state index contributed by atoms with van der Waals surface area (Å²) in [5.74, 6) is -0.341. The average Bonchev–Trinajstić information content (AvgIpc) is 3.21. The predicted octanol–water partition coefficient (Wildman–Crippen LogP) is 1.30. The van der Waals surface area contributed by atoms with Crippen molar-refractivity contribution in [1.29, 1.82) is 0 Å². The number of nitrogens with one attached hydrogen (secondary N) is 1. The van der Waals surface area contributed by atoms with Gasteiger partial charge in [0, 0.05) is 25.7 Å². The molecule has 1 N–H and O–H groups in total. The Morgan fingerprint density at radius 1 is 1.17 bits per heavy atom. The van der Waals surface area contributed by atoms with Crippen LogP contribution in [-0.2, 0) is 19.1 Å². The van der Waals surface area contributed by atoms with Crippen molar-refractivity contribution in [3.05, 3.63) is 35.0 Å². The van der Waals surface area contributed by atoms with E-state index in [0.717, 1.165) is 0 Å². The summed E-state index contributed by atoms with van der Waals surface area (Å²) in [5.41, 5.74) is 1.51. The molecule has 0 aliphatic carbocycles. The molecule has 0 unspecified atom stereocenters. The third-order valence-corrected chi connectivity index (χ3v) is 6.90. The fourth-order valence-corrected chi connectivity index (χ4v) is 5.04. The average molecular weight is 501 g/mol. The van der Waals surface area contributed by atoms with Crippen molar-refractivity contribution in [3.8, 4) is 11.5 Å². The van der Waals surface area contributed by atoms with Crippen LogP contribution in [0, 0.1) is 5.92 Å². The zero-order valence-corrected chi connectivity index (χ0v) is 21.0. The first-order chi connectivity index (χ1) is 17.3. The molecule has 1 aromatic carbocycles. The summed E-state index contributed by atoms with van der Waals surface area (Å²) in [6, 6.07) is 4.14. The molecule has 11 nitrogen and oxygen atoms in total. The molecular formula is C25H32N4O7. The van der Waals surface area contributed by atoms with E-state index in [1.807, 2.05) is 0 Å². The molecule has 1 fully saturated rings. The Labute approximate surface area is 209 Å². The van der Waals surface area contributed by atoms with Crippen molar-refractivity contribution < 1.29 is 33.4 Å². The van der Waals surface area contributed by atoms with Gasteiger partial charge in [0.1, 0.15) is 6.54 Å². The number of hydrogen-bond donors (Lipinski definition) is 1. The van der Waals surface area contributed by atoms with Gasteiger partial charge in [0.15, 0.2) is 11.5 Å². The van der Waals surface area contributed by atoms with Crippen molar-refractivity contribution in [2.24, 2.45) is 5.92 Å². The second-order valence-electron chi connectivity index (χ2n) is 8.98. The Bertz CT molecular complexity index is 1100. The van der Waals surface area contributed by atoms with Gasteiger partial charge >= 0.3 is 12.0 Å². The number of likely N-dealkylation sites (tertiary alicyclic amines) is 1. The molecule has 11 heteroatoms. The number of rotatable bonds is 7. The normalized spacial score (nSPS) is 21.8. The van der Waals surface area contributed by atoms with Crippen LogP contribution in [0.5, 0.6) is 11.5 Å². The zero-order chi connectivity index (χ0) is 26.0. The first-order valence-corrected chi connectivity index (χ1v) is 12.0. The third-order valence-electron chi connectivity index (χ3n) is 6.90. The van der Waals surface area contributed by atoms with Crippen LogP contribution in [0.3, 0.4) is 0 Å². The summed E-state index contributed by atoms with van der Waals surface area (Å²) in [7, 11) is 4.61. The van der Waals surface area contributed by atoms with E-state index in [2.05, 4.69) is 5.32 Å². The molecule has 0 aromatic heterocycles. The maximum absolute atomic E-state index is 13.6. The number of amides is 4. The van der Waals surface area contributed by atoms with Gasteiger partial charge in [-0.1, -0.05) is 12.1 Å². The number of para-hydroxylation sites is 1. The highest BCUT2D eigenvalue weighted by Crippen LogP contribution is 2.42. The molecule has 0 radical (unpaired) electrons. The first kappa shape index (κ1) is 25.3. The Morgan fingerprint density at radius 3 is 2.64 bits per heavy atom. The lowest BCUT2D eigenvalue weighted by molar-refractivity contribution is -0.152. The van der Waals surface area contributed by atoms with Crippen LogP contribution >= 0.6 is 0 Å². The van der Waals surface area contributed by atoms with Crippen molar-refractivity contribution in [3.63, 3.8) is 0 Å². The van der Waals surface area contributed by atoms with E-state index in [1.165, 1.54) is 24.0 Å². The van der Waals surface area contributed by atoms with Crippen molar-refractivity contribution in [2.45, 2.75) is 25.8 Å². The van der Waals surface area contributed by atoms with Crippen LogP contribution in [0.25, 0.3) is 0 Å². The number of hydrogen-bond acceptors (Lipinski definition) is 7. The van der Waals surface area contributed by atoms with Crippen molar-refractivity contribution >= 4 is 23.8 Å². The number of methoxy groups -OCH3 is 2. The van der Waals surface area contributed by atoms with Gasteiger partial charge in [-0.25, -0.2) is 4.79 Å². The van der Waals surface area contributed by atoms with Gasteiger partial charge in [0.2, 0.25) is 5.91 Å². The van der Waals surface area contributed by atoms with Crippen LogP contribution < -0.4 is 14.8 Å². The van der Waals surface area contributed by atoms with E-state index < -0.39 is 6.04 Å². The lowest BCUT2D eigenvalue weighted by atomic mass is 9.94. The molecule has 36 heavy (non-hydrogen) atoms. The molecule has 3 aliphatic heterocycles. The summed E-state index contributed by atoms with van der Waals surface area (Å²) < 4.78 is 16.1. The lowest BCUT2D eigenvalue weighted by Crippen LogP contribution is -2.47. The van der Waals surface area contributed by atoms with E-state index in [9.17, 15) is 19.2 Å². The van der Waals surface area contributed by atoms with E-state index in [0.29, 0.717) is 54.3 Å². The zero-order valence-electron chi connectivity index (χ0n) is 21.0. The minimum absolute atomic E-state index is 0.127. The van der Waals surface area contributed by atoms with Crippen LogP contribution in [0.2, 0.25) is 0 Å². The van der Waals surface area contributed by atoms with Gasteiger partial charge in [0.25, 0.3) is 5.91 Å². The topological polar surface area (TPSA) is 118 Å². The molecule has 1 aromatic rings. The molecule has 0 bridgehead atoms. The van der Waals surface area contributed by atoms with Gasteiger partial charge < -0.3 is 29.3 Å². The molecule has 2 atom stereocenters. The maximum Gasteiger partial charge on any atom is 0.322 e. The van der Waals surface area contributed by atoms with E-state index in [4.69, 9.17) is 14.2 Å². The summed E-state index contributed by atoms with van der Waals surface area (Å²) in [4.78, 5) is 56.1. The van der Waals surface area contributed by atoms with Gasteiger partial charge in [-0.3, -0.25) is 19.3 Å². The molecule has 3 aliphatic rings. The molecule has 0 spiro atoms. The monoisotopic (exact) mass is 500 g/mol. The van der Waals surface area contributed by atoms with Crippen LogP contribution in [0.4, 0.5) is 4.79 Å². The molecule has 194 valence electrons. The number of ether oxygens (including phenoxy) is 3. The fourth-order valence-electron chi connectivity index (χ4n) is 5.04. The maximum atomic E-state index is 13.6. The van der Waals surface area contributed by atoms with Gasteiger partial charge in [-0.05, 0) is 25.8 Å². The Balaban J connectivity index is 1.55. The number of esters is 1. The van der Waals surface area contributed by atoms with Gasteiger partial charge in [-0.15, -0.1) is 0 Å². The highest BCUT2D eigenvalue weighted by atomic mass is 16.5. The fraction of sp³-hybridized carbons (Fsp3) is 0.520. The first-order valence-electron chi connectivity index (χ1n) is 12.0.